The second-order valence-corrected chi connectivity index (χ2v) is 4.55. The van der Waals surface area contributed by atoms with Gasteiger partial charge in [-0.15, -0.1) is 0 Å². The Morgan fingerprint density at radius 2 is 1.82 bits per heavy atom. The minimum Gasteiger partial charge on any atom is -0.360 e. The summed E-state index contributed by atoms with van der Waals surface area (Å²) in [5, 5.41) is 1.26. The first-order chi connectivity index (χ1) is 8.25. The monoisotopic (exact) mass is 262 g/mol. The van der Waals surface area contributed by atoms with Crippen molar-refractivity contribution in [3.63, 3.8) is 0 Å². The lowest BCUT2D eigenvalue weighted by Crippen LogP contribution is -1.84. The Bertz CT molecular complexity index is 668. The highest BCUT2D eigenvalue weighted by atomic mass is 35.5. The van der Waals surface area contributed by atoms with Crippen molar-refractivity contribution in [1.82, 2.24) is 9.97 Å². The first kappa shape index (κ1) is 10.6. The highest BCUT2D eigenvalue weighted by Gasteiger charge is 2.09. The van der Waals surface area contributed by atoms with Crippen LogP contribution in [-0.2, 0) is 0 Å². The molecule has 2 heterocycles. The molecular formula is C13H8Cl2N2. The SMILES string of the molecule is Clc1cccc(Cl)c1-c1cnc2cc[nH]c2c1. The van der Waals surface area contributed by atoms with Gasteiger partial charge in [-0.3, -0.25) is 4.98 Å². The maximum absolute atomic E-state index is 6.17. The van der Waals surface area contributed by atoms with E-state index in [-0.39, 0.29) is 0 Å². The third kappa shape index (κ3) is 1.79. The highest BCUT2D eigenvalue weighted by molar-refractivity contribution is 6.39. The lowest BCUT2D eigenvalue weighted by Gasteiger charge is -2.06. The Morgan fingerprint density at radius 1 is 1.06 bits per heavy atom. The molecule has 0 unspecified atom stereocenters. The summed E-state index contributed by atoms with van der Waals surface area (Å²) < 4.78 is 0. The minimum absolute atomic E-state index is 0.630. The summed E-state index contributed by atoms with van der Waals surface area (Å²) in [5.74, 6) is 0. The number of aromatic nitrogens is 2. The predicted molar refractivity (Wildman–Crippen MR) is 71.5 cm³/mol. The van der Waals surface area contributed by atoms with Gasteiger partial charge in [-0.2, -0.15) is 0 Å². The summed E-state index contributed by atoms with van der Waals surface area (Å²) >= 11 is 12.3. The lowest BCUT2D eigenvalue weighted by molar-refractivity contribution is 1.40. The van der Waals surface area contributed by atoms with Crippen molar-refractivity contribution in [2.24, 2.45) is 0 Å². The van der Waals surface area contributed by atoms with Crippen LogP contribution in [0.1, 0.15) is 0 Å². The molecule has 0 atom stereocenters. The van der Waals surface area contributed by atoms with Gasteiger partial charge in [0.05, 0.1) is 11.0 Å². The van der Waals surface area contributed by atoms with Crippen LogP contribution in [0.2, 0.25) is 10.0 Å². The standard InChI is InChI=1S/C13H8Cl2N2/c14-9-2-1-3-10(15)13(9)8-6-12-11(17-7-8)4-5-16-12/h1-7,16H. The van der Waals surface area contributed by atoms with Crippen molar-refractivity contribution in [3.05, 3.63) is 52.8 Å². The van der Waals surface area contributed by atoms with Gasteiger partial charge in [0.25, 0.3) is 0 Å². The van der Waals surface area contributed by atoms with E-state index in [9.17, 15) is 0 Å². The van der Waals surface area contributed by atoms with E-state index in [1.807, 2.05) is 36.5 Å². The van der Waals surface area contributed by atoms with Gasteiger partial charge in [-0.25, -0.2) is 0 Å². The Labute approximate surface area is 108 Å². The third-order valence-electron chi connectivity index (χ3n) is 2.65. The summed E-state index contributed by atoms with van der Waals surface area (Å²) in [6, 6.07) is 9.39. The van der Waals surface area contributed by atoms with Crippen LogP contribution in [0.25, 0.3) is 22.2 Å². The Morgan fingerprint density at radius 3 is 2.59 bits per heavy atom. The van der Waals surface area contributed by atoms with Crippen LogP contribution >= 0.6 is 23.2 Å². The third-order valence-corrected chi connectivity index (χ3v) is 3.28. The maximum Gasteiger partial charge on any atom is 0.0879 e. The minimum atomic E-state index is 0.630. The van der Waals surface area contributed by atoms with E-state index in [0.717, 1.165) is 22.2 Å². The van der Waals surface area contributed by atoms with E-state index in [1.165, 1.54) is 0 Å². The number of aromatic amines is 1. The van der Waals surface area contributed by atoms with E-state index in [1.54, 1.807) is 6.20 Å². The van der Waals surface area contributed by atoms with Crippen molar-refractivity contribution in [2.75, 3.05) is 0 Å². The molecule has 0 saturated heterocycles. The average Bonchev–Trinajstić information content (AvgIpc) is 2.76. The molecule has 17 heavy (non-hydrogen) atoms. The summed E-state index contributed by atoms with van der Waals surface area (Å²) in [6.45, 7) is 0. The summed E-state index contributed by atoms with van der Waals surface area (Å²) in [5.41, 5.74) is 3.63. The molecule has 84 valence electrons. The molecule has 1 aromatic carbocycles. The van der Waals surface area contributed by atoms with Crippen LogP contribution in [0.3, 0.4) is 0 Å². The van der Waals surface area contributed by atoms with Crippen molar-refractivity contribution in [2.45, 2.75) is 0 Å². The molecule has 3 rings (SSSR count). The van der Waals surface area contributed by atoms with Crippen molar-refractivity contribution >= 4 is 34.2 Å². The van der Waals surface area contributed by atoms with Gasteiger partial charge < -0.3 is 4.98 Å². The second kappa shape index (κ2) is 4.06. The molecule has 0 aliphatic heterocycles. The number of rotatable bonds is 1. The molecule has 0 aliphatic carbocycles. The average molecular weight is 263 g/mol. The van der Waals surface area contributed by atoms with Crippen LogP contribution in [0.5, 0.6) is 0 Å². The molecule has 0 spiro atoms. The molecule has 3 aromatic rings. The van der Waals surface area contributed by atoms with Gasteiger partial charge in [-0.1, -0.05) is 29.3 Å². The van der Waals surface area contributed by atoms with Crippen LogP contribution in [0.15, 0.2) is 42.7 Å². The van der Waals surface area contributed by atoms with E-state index in [0.29, 0.717) is 10.0 Å². The molecule has 2 nitrogen and oxygen atoms in total. The van der Waals surface area contributed by atoms with Gasteiger partial charge in [0.2, 0.25) is 0 Å². The molecule has 2 aromatic heterocycles. The van der Waals surface area contributed by atoms with Crippen molar-refractivity contribution < 1.29 is 0 Å². The summed E-state index contributed by atoms with van der Waals surface area (Å²) in [4.78, 5) is 7.47. The number of benzene rings is 1. The molecule has 0 aliphatic rings. The Balaban J connectivity index is 2.26. The zero-order valence-corrected chi connectivity index (χ0v) is 10.3. The van der Waals surface area contributed by atoms with E-state index < -0.39 is 0 Å². The van der Waals surface area contributed by atoms with E-state index >= 15 is 0 Å². The number of pyridine rings is 1. The van der Waals surface area contributed by atoms with Crippen LogP contribution < -0.4 is 0 Å². The number of nitrogens with zero attached hydrogens (tertiary/aromatic N) is 1. The van der Waals surface area contributed by atoms with E-state index in [2.05, 4.69) is 9.97 Å². The summed E-state index contributed by atoms with van der Waals surface area (Å²) in [7, 11) is 0. The molecule has 0 bridgehead atoms. The van der Waals surface area contributed by atoms with Crippen LogP contribution in [0.4, 0.5) is 0 Å². The number of nitrogens with one attached hydrogen (secondary N) is 1. The quantitative estimate of drug-likeness (QED) is 0.686. The van der Waals surface area contributed by atoms with Gasteiger partial charge in [0.1, 0.15) is 0 Å². The predicted octanol–water partition coefficient (Wildman–Crippen LogP) is 4.54. The fourth-order valence-electron chi connectivity index (χ4n) is 1.84. The first-order valence-electron chi connectivity index (χ1n) is 5.13. The second-order valence-electron chi connectivity index (χ2n) is 3.73. The Hall–Kier alpha value is -1.51. The van der Waals surface area contributed by atoms with Crippen molar-refractivity contribution in [1.29, 1.82) is 0 Å². The molecule has 0 fully saturated rings. The van der Waals surface area contributed by atoms with Gasteiger partial charge >= 0.3 is 0 Å². The number of fused-ring (bicyclic) bond motifs is 1. The normalized spacial score (nSPS) is 10.9. The molecule has 0 radical (unpaired) electrons. The molecule has 0 saturated carbocycles. The zero-order chi connectivity index (χ0) is 11.8. The number of hydrogen-bond donors (Lipinski definition) is 1. The van der Waals surface area contributed by atoms with Crippen molar-refractivity contribution in [3.8, 4) is 11.1 Å². The topological polar surface area (TPSA) is 28.7 Å². The fraction of sp³-hybridized carbons (Fsp3) is 0. The zero-order valence-electron chi connectivity index (χ0n) is 8.74. The fourth-order valence-corrected chi connectivity index (χ4v) is 2.46. The first-order valence-corrected chi connectivity index (χ1v) is 5.89. The van der Waals surface area contributed by atoms with Crippen LogP contribution in [-0.4, -0.2) is 9.97 Å². The molecular weight excluding hydrogens is 255 g/mol. The number of halogens is 2. The van der Waals surface area contributed by atoms with Gasteiger partial charge in [-0.05, 0) is 24.3 Å². The van der Waals surface area contributed by atoms with Crippen LogP contribution in [0, 0.1) is 0 Å². The molecule has 4 heteroatoms. The maximum atomic E-state index is 6.17. The molecule has 1 N–H and O–H groups in total. The van der Waals surface area contributed by atoms with Gasteiger partial charge in [0.15, 0.2) is 0 Å². The van der Waals surface area contributed by atoms with E-state index in [4.69, 9.17) is 23.2 Å². The molecule has 0 amide bonds. The summed E-state index contributed by atoms with van der Waals surface area (Å²) in [6.07, 6.45) is 3.64. The number of hydrogen-bond acceptors (Lipinski definition) is 1. The largest absolute Gasteiger partial charge is 0.360 e. The number of H-pyrrole nitrogens is 1. The highest BCUT2D eigenvalue weighted by Crippen LogP contribution is 2.34. The van der Waals surface area contributed by atoms with Gasteiger partial charge in [0, 0.05) is 33.6 Å². The lowest BCUT2D eigenvalue weighted by atomic mass is 10.1. The Kier molecular flexibility index (Phi) is 2.54. The smallest absolute Gasteiger partial charge is 0.0879 e.